The van der Waals surface area contributed by atoms with Crippen molar-refractivity contribution in [1.82, 2.24) is 19.8 Å². The molecule has 0 saturated carbocycles. The summed E-state index contributed by atoms with van der Waals surface area (Å²) in [5.74, 6) is 0.705. The second kappa shape index (κ2) is 4.40. The summed E-state index contributed by atoms with van der Waals surface area (Å²) in [6, 6.07) is 9.51. The van der Waals surface area contributed by atoms with Gasteiger partial charge in [-0.2, -0.15) is 14.7 Å². The van der Waals surface area contributed by atoms with Crippen LogP contribution in [0.3, 0.4) is 0 Å². The van der Waals surface area contributed by atoms with E-state index >= 15 is 0 Å². The predicted molar refractivity (Wildman–Crippen MR) is 71.8 cm³/mol. The molecule has 0 aliphatic rings. The number of anilines is 1. The van der Waals surface area contributed by atoms with Gasteiger partial charge in [-0.15, -0.1) is 0 Å². The van der Waals surface area contributed by atoms with Crippen molar-refractivity contribution in [3.63, 3.8) is 0 Å². The van der Waals surface area contributed by atoms with Gasteiger partial charge in [0.2, 0.25) is 0 Å². The number of nitrogens with two attached hydrogens (primary N) is 1. The van der Waals surface area contributed by atoms with E-state index in [9.17, 15) is 0 Å². The minimum atomic E-state index is -0.309. The van der Waals surface area contributed by atoms with Gasteiger partial charge in [0.05, 0.1) is 5.69 Å². The summed E-state index contributed by atoms with van der Waals surface area (Å²) in [4.78, 5) is 0. The van der Waals surface area contributed by atoms with Crippen LogP contribution in [0, 0.1) is 6.92 Å². The van der Waals surface area contributed by atoms with Crippen LogP contribution >= 0.6 is 0 Å². The first-order valence-electron chi connectivity index (χ1n) is 5.98. The first-order chi connectivity index (χ1) is 9.19. The van der Waals surface area contributed by atoms with Gasteiger partial charge in [0.25, 0.3) is 0 Å². The van der Waals surface area contributed by atoms with Crippen LogP contribution in [-0.2, 0) is 4.74 Å². The number of rotatable bonds is 3. The zero-order valence-electron chi connectivity index (χ0n) is 10.8. The number of nitrogens with one attached hydrogen (secondary N) is 1. The van der Waals surface area contributed by atoms with Crippen LogP contribution in [0.1, 0.15) is 23.2 Å². The minimum Gasteiger partial charge on any atom is -0.399 e. The fourth-order valence-corrected chi connectivity index (χ4v) is 2.20. The monoisotopic (exact) mass is 257 g/mol. The number of ether oxygens (including phenoxy) is 1. The van der Waals surface area contributed by atoms with Gasteiger partial charge in [0.15, 0.2) is 11.5 Å². The average Bonchev–Trinajstić information content (AvgIpc) is 2.91. The number of benzene rings is 1. The van der Waals surface area contributed by atoms with E-state index in [0.717, 1.165) is 16.9 Å². The molecule has 6 nitrogen and oxygen atoms in total. The van der Waals surface area contributed by atoms with Crippen LogP contribution in [-0.4, -0.2) is 26.9 Å². The molecule has 0 saturated heterocycles. The molecule has 1 aromatic carbocycles. The number of nitrogen functional groups attached to an aromatic ring is 1. The third-order valence-electron chi connectivity index (χ3n) is 3.02. The largest absolute Gasteiger partial charge is 0.399 e. The molecule has 3 N–H and O–H groups in total. The van der Waals surface area contributed by atoms with Gasteiger partial charge in [-0.05, 0) is 24.6 Å². The molecule has 0 amide bonds. The van der Waals surface area contributed by atoms with Gasteiger partial charge in [-0.3, -0.25) is 5.10 Å². The fraction of sp³-hybridized carbons (Fsp3) is 0.231. The Balaban J connectivity index is 2.11. The van der Waals surface area contributed by atoms with Gasteiger partial charge in [0, 0.05) is 18.9 Å². The van der Waals surface area contributed by atoms with Crippen molar-refractivity contribution in [2.45, 2.75) is 13.0 Å². The maximum atomic E-state index is 5.82. The Morgan fingerprint density at radius 2 is 2.21 bits per heavy atom. The highest BCUT2D eigenvalue weighted by molar-refractivity contribution is 5.44. The van der Waals surface area contributed by atoms with E-state index < -0.39 is 0 Å². The third-order valence-corrected chi connectivity index (χ3v) is 3.02. The smallest absolute Gasteiger partial charge is 0.185 e. The molecule has 3 rings (SSSR count). The highest BCUT2D eigenvalue weighted by atomic mass is 16.5. The Morgan fingerprint density at radius 1 is 1.37 bits per heavy atom. The SMILES string of the molecule is COC(c1cccc(N)c1)c1n[nH]c2cc(C)nn12. The van der Waals surface area contributed by atoms with Crippen molar-refractivity contribution in [3.8, 4) is 0 Å². The number of hydrogen-bond donors (Lipinski definition) is 2. The van der Waals surface area contributed by atoms with Crippen molar-refractivity contribution in [2.75, 3.05) is 12.8 Å². The second-order valence-electron chi connectivity index (χ2n) is 4.45. The molecule has 3 aromatic rings. The molecule has 0 radical (unpaired) electrons. The summed E-state index contributed by atoms with van der Waals surface area (Å²) in [6.45, 7) is 1.94. The van der Waals surface area contributed by atoms with E-state index in [-0.39, 0.29) is 6.10 Å². The highest BCUT2D eigenvalue weighted by Crippen LogP contribution is 2.25. The Hall–Kier alpha value is -2.34. The number of methoxy groups -OCH3 is 1. The molecule has 2 heterocycles. The van der Waals surface area contributed by atoms with E-state index in [1.165, 1.54) is 0 Å². The van der Waals surface area contributed by atoms with E-state index in [0.29, 0.717) is 11.5 Å². The molecule has 0 fully saturated rings. The Kier molecular flexibility index (Phi) is 2.72. The molecule has 0 spiro atoms. The fourth-order valence-electron chi connectivity index (χ4n) is 2.20. The quantitative estimate of drug-likeness (QED) is 0.699. The van der Waals surface area contributed by atoms with Gasteiger partial charge in [-0.1, -0.05) is 12.1 Å². The number of hydrogen-bond acceptors (Lipinski definition) is 4. The van der Waals surface area contributed by atoms with Gasteiger partial charge >= 0.3 is 0 Å². The number of aromatic amines is 1. The zero-order valence-corrected chi connectivity index (χ0v) is 10.8. The average molecular weight is 257 g/mol. The molecule has 2 aromatic heterocycles. The summed E-state index contributed by atoms with van der Waals surface area (Å²) >= 11 is 0. The topological polar surface area (TPSA) is 81.2 Å². The van der Waals surface area contributed by atoms with Crippen molar-refractivity contribution in [3.05, 3.63) is 47.4 Å². The van der Waals surface area contributed by atoms with Crippen molar-refractivity contribution < 1.29 is 4.74 Å². The molecule has 1 atom stereocenters. The number of H-pyrrole nitrogens is 1. The molecule has 19 heavy (non-hydrogen) atoms. The van der Waals surface area contributed by atoms with E-state index in [2.05, 4.69) is 15.3 Å². The first kappa shape index (κ1) is 11.7. The standard InChI is InChI=1S/C13H15N5O/c1-8-6-11-15-16-13(18(11)17-8)12(19-2)9-4-3-5-10(14)7-9/h3-7,12,15H,14H2,1-2H3. The summed E-state index contributed by atoms with van der Waals surface area (Å²) in [6.07, 6.45) is -0.309. The summed E-state index contributed by atoms with van der Waals surface area (Å²) < 4.78 is 7.31. The van der Waals surface area contributed by atoms with Crippen LogP contribution in [0.2, 0.25) is 0 Å². The number of aryl methyl sites for hydroxylation is 1. The lowest BCUT2D eigenvalue weighted by Crippen LogP contribution is -2.09. The van der Waals surface area contributed by atoms with Gasteiger partial charge < -0.3 is 10.5 Å². The van der Waals surface area contributed by atoms with Crippen LogP contribution in [0.25, 0.3) is 5.65 Å². The summed E-state index contributed by atoms with van der Waals surface area (Å²) in [5, 5.41) is 11.6. The number of fused-ring (bicyclic) bond motifs is 1. The number of nitrogens with zero attached hydrogens (tertiary/aromatic N) is 3. The van der Waals surface area contributed by atoms with E-state index in [1.807, 2.05) is 37.3 Å². The minimum absolute atomic E-state index is 0.309. The summed E-state index contributed by atoms with van der Waals surface area (Å²) in [5.41, 5.74) is 9.23. The molecule has 0 aliphatic carbocycles. The predicted octanol–water partition coefficient (Wildman–Crippen LogP) is 1.68. The molecule has 0 aliphatic heterocycles. The lowest BCUT2D eigenvalue weighted by molar-refractivity contribution is 0.127. The third kappa shape index (κ3) is 1.96. The lowest BCUT2D eigenvalue weighted by Gasteiger charge is -2.13. The van der Waals surface area contributed by atoms with Gasteiger partial charge in [0.1, 0.15) is 6.10 Å². The molecular weight excluding hydrogens is 242 g/mol. The maximum Gasteiger partial charge on any atom is 0.185 e. The van der Waals surface area contributed by atoms with Crippen molar-refractivity contribution in [1.29, 1.82) is 0 Å². The Morgan fingerprint density at radius 3 is 2.95 bits per heavy atom. The molecule has 6 heteroatoms. The zero-order chi connectivity index (χ0) is 13.4. The molecular formula is C13H15N5O. The molecule has 98 valence electrons. The second-order valence-corrected chi connectivity index (χ2v) is 4.45. The number of aromatic nitrogens is 4. The van der Waals surface area contributed by atoms with Crippen LogP contribution in [0.15, 0.2) is 30.3 Å². The maximum absolute atomic E-state index is 5.82. The lowest BCUT2D eigenvalue weighted by atomic mass is 10.1. The normalized spacial score (nSPS) is 12.9. The summed E-state index contributed by atoms with van der Waals surface area (Å²) in [7, 11) is 1.64. The Bertz CT molecular complexity index is 715. The molecule has 0 bridgehead atoms. The Labute approximate surface area is 110 Å². The van der Waals surface area contributed by atoms with Gasteiger partial charge in [-0.25, -0.2) is 0 Å². The van der Waals surface area contributed by atoms with Crippen LogP contribution in [0.4, 0.5) is 5.69 Å². The van der Waals surface area contributed by atoms with Crippen LogP contribution in [0.5, 0.6) is 0 Å². The van der Waals surface area contributed by atoms with Crippen molar-refractivity contribution in [2.24, 2.45) is 0 Å². The molecule has 1 unspecified atom stereocenters. The van der Waals surface area contributed by atoms with E-state index in [4.69, 9.17) is 10.5 Å². The van der Waals surface area contributed by atoms with Crippen molar-refractivity contribution >= 4 is 11.3 Å². The van der Waals surface area contributed by atoms with Crippen LogP contribution < -0.4 is 5.73 Å². The highest BCUT2D eigenvalue weighted by Gasteiger charge is 2.20. The van der Waals surface area contributed by atoms with E-state index in [1.54, 1.807) is 11.6 Å². The first-order valence-corrected chi connectivity index (χ1v) is 5.98.